The van der Waals surface area contributed by atoms with E-state index >= 15 is 0 Å². The second-order valence-electron chi connectivity index (χ2n) is 10.3. The SMILES string of the molecule is O=C(CC1CCCCC1)Nc1cncc(-c2ccc3[nH]nc(-c4cc5c(-c6cccs6)nccc5[nH]4)c3c2)c1. The number of fused-ring (bicyclic) bond motifs is 2. The average Bonchev–Trinajstić information content (AvgIpc) is 3.73. The zero-order valence-corrected chi connectivity index (χ0v) is 22.2. The summed E-state index contributed by atoms with van der Waals surface area (Å²) < 4.78 is 0. The van der Waals surface area contributed by atoms with Gasteiger partial charge in [0.25, 0.3) is 0 Å². The number of aromatic amines is 2. The lowest BCUT2D eigenvalue weighted by atomic mass is 9.87. The van der Waals surface area contributed by atoms with Gasteiger partial charge < -0.3 is 10.3 Å². The van der Waals surface area contributed by atoms with Crippen molar-refractivity contribution >= 4 is 44.7 Å². The van der Waals surface area contributed by atoms with Crippen LogP contribution >= 0.6 is 11.3 Å². The van der Waals surface area contributed by atoms with Crippen LogP contribution in [0.25, 0.3) is 54.9 Å². The third-order valence-electron chi connectivity index (χ3n) is 7.67. The van der Waals surface area contributed by atoms with Crippen LogP contribution in [-0.2, 0) is 4.79 Å². The number of nitrogens with zero attached hydrogens (tertiary/aromatic N) is 3. The summed E-state index contributed by atoms with van der Waals surface area (Å²) in [6.45, 7) is 0. The molecule has 1 aliphatic rings. The van der Waals surface area contributed by atoms with Crippen molar-refractivity contribution in [1.82, 2.24) is 25.1 Å². The Balaban J connectivity index is 1.19. The van der Waals surface area contributed by atoms with Gasteiger partial charge in [-0.05, 0) is 66.1 Å². The maximum absolute atomic E-state index is 12.7. The van der Waals surface area contributed by atoms with Crippen LogP contribution in [0.1, 0.15) is 38.5 Å². The van der Waals surface area contributed by atoms with Crippen LogP contribution in [0, 0.1) is 5.92 Å². The van der Waals surface area contributed by atoms with E-state index < -0.39 is 0 Å². The minimum Gasteiger partial charge on any atom is -0.353 e. The lowest BCUT2D eigenvalue weighted by molar-refractivity contribution is -0.117. The number of nitrogens with one attached hydrogen (secondary N) is 3. The fourth-order valence-electron chi connectivity index (χ4n) is 5.72. The zero-order chi connectivity index (χ0) is 26.2. The van der Waals surface area contributed by atoms with Gasteiger partial charge in [0.1, 0.15) is 5.69 Å². The molecule has 0 radical (unpaired) electrons. The Bertz CT molecular complexity index is 1780. The Labute approximate surface area is 229 Å². The van der Waals surface area contributed by atoms with Crippen molar-refractivity contribution in [3.63, 3.8) is 0 Å². The zero-order valence-electron chi connectivity index (χ0n) is 21.4. The number of H-pyrrole nitrogens is 2. The van der Waals surface area contributed by atoms with E-state index in [1.165, 1.54) is 19.3 Å². The predicted molar refractivity (Wildman–Crippen MR) is 158 cm³/mol. The molecule has 5 heterocycles. The van der Waals surface area contributed by atoms with Gasteiger partial charge in [0, 0.05) is 40.7 Å². The van der Waals surface area contributed by atoms with Crippen LogP contribution in [0.15, 0.2) is 72.5 Å². The molecule has 3 N–H and O–H groups in total. The molecule has 0 unspecified atom stereocenters. The first-order valence-corrected chi connectivity index (χ1v) is 14.3. The summed E-state index contributed by atoms with van der Waals surface area (Å²) in [5.74, 6) is 0.572. The van der Waals surface area contributed by atoms with Crippen molar-refractivity contribution in [3.8, 4) is 33.1 Å². The number of thiophene rings is 1. The first kappa shape index (κ1) is 23.8. The molecule has 7 nitrogen and oxygen atoms in total. The molecule has 0 aliphatic heterocycles. The van der Waals surface area contributed by atoms with Gasteiger partial charge >= 0.3 is 0 Å². The molecule has 6 aromatic rings. The van der Waals surface area contributed by atoms with Gasteiger partial charge in [-0.2, -0.15) is 5.10 Å². The molecule has 8 heteroatoms. The minimum absolute atomic E-state index is 0.0728. The maximum atomic E-state index is 12.7. The highest BCUT2D eigenvalue weighted by atomic mass is 32.1. The Morgan fingerprint density at radius 1 is 0.949 bits per heavy atom. The van der Waals surface area contributed by atoms with Crippen LogP contribution in [0.4, 0.5) is 5.69 Å². The molecule has 1 aromatic carbocycles. The van der Waals surface area contributed by atoms with E-state index in [1.807, 2.05) is 36.7 Å². The molecule has 0 saturated heterocycles. The number of pyridine rings is 2. The lowest BCUT2D eigenvalue weighted by Gasteiger charge is -2.20. The van der Waals surface area contributed by atoms with Crippen LogP contribution in [0.3, 0.4) is 0 Å². The van der Waals surface area contributed by atoms with E-state index in [-0.39, 0.29) is 5.91 Å². The Kier molecular flexibility index (Phi) is 6.17. The highest BCUT2D eigenvalue weighted by Crippen LogP contribution is 2.35. The smallest absolute Gasteiger partial charge is 0.224 e. The summed E-state index contributed by atoms with van der Waals surface area (Å²) >= 11 is 1.68. The molecule has 1 amide bonds. The van der Waals surface area contributed by atoms with Crippen molar-refractivity contribution in [2.45, 2.75) is 38.5 Å². The van der Waals surface area contributed by atoms with Gasteiger partial charge in [-0.25, -0.2) is 0 Å². The number of hydrogen-bond donors (Lipinski definition) is 3. The second-order valence-corrected chi connectivity index (χ2v) is 11.3. The number of carbonyl (C=O) groups excluding carboxylic acids is 1. The molecule has 0 spiro atoms. The van der Waals surface area contributed by atoms with Crippen LogP contribution < -0.4 is 5.32 Å². The van der Waals surface area contributed by atoms with Crippen molar-refractivity contribution in [2.24, 2.45) is 5.92 Å². The van der Waals surface area contributed by atoms with Crippen LogP contribution in [-0.4, -0.2) is 31.1 Å². The number of anilines is 1. The molecule has 194 valence electrons. The number of amides is 1. The first-order chi connectivity index (χ1) is 19.2. The van der Waals surface area contributed by atoms with Crippen molar-refractivity contribution < 1.29 is 4.79 Å². The standard InChI is InChI=1S/C31H28N6OS/c38-29(13-19-5-2-1-3-6-19)34-22-14-21(17-32-18-22)20-8-9-26-23(15-20)30(37-36-26)27-16-24-25(35-27)10-11-33-31(24)28-7-4-12-39-28/h4,7-12,14-19,35H,1-3,5-6,13H2,(H,34,38)(H,36,37). The molecule has 0 atom stereocenters. The third-order valence-corrected chi connectivity index (χ3v) is 8.55. The number of benzene rings is 1. The normalized spacial score (nSPS) is 14.3. The van der Waals surface area contributed by atoms with Crippen LogP contribution in [0.5, 0.6) is 0 Å². The second kappa shape index (κ2) is 10.1. The third kappa shape index (κ3) is 4.72. The Hall–Kier alpha value is -4.30. The molecule has 7 rings (SSSR count). The van der Waals surface area contributed by atoms with E-state index in [2.05, 4.69) is 60.1 Å². The van der Waals surface area contributed by atoms with Crippen molar-refractivity contribution in [3.05, 3.63) is 72.5 Å². The van der Waals surface area contributed by atoms with Gasteiger partial charge in [0.05, 0.1) is 33.7 Å². The monoisotopic (exact) mass is 532 g/mol. The highest BCUT2D eigenvalue weighted by molar-refractivity contribution is 7.13. The van der Waals surface area contributed by atoms with E-state index in [4.69, 9.17) is 0 Å². The van der Waals surface area contributed by atoms with E-state index in [1.54, 1.807) is 17.5 Å². The molecule has 1 fully saturated rings. The van der Waals surface area contributed by atoms with Crippen molar-refractivity contribution in [2.75, 3.05) is 5.32 Å². The van der Waals surface area contributed by atoms with Crippen molar-refractivity contribution in [1.29, 1.82) is 0 Å². The molecule has 1 saturated carbocycles. The van der Waals surface area contributed by atoms with Gasteiger partial charge in [-0.1, -0.05) is 31.4 Å². The van der Waals surface area contributed by atoms with Gasteiger partial charge in [0.2, 0.25) is 5.91 Å². The number of hydrogen-bond acceptors (Lipinski definition) is 5. The largest absolute Gasteiger partial charge is 0.353 e. The molecular formula is C31H28N6OS. The molecule has 39 heavy (non-hydrogen) atoms. The summed E-state index contributed by atoms with van der Waals surface area (Å²) in [4.78, 5) is 26.4. The van der Waals surface area contributed by atoms with Gasteiger partial charge in [-0.15, -0.1) is 11.3 Å². The number of rotatable bonds is 6. The summed E-state index contributed by atoms with van der Waals surface area (Å²) in [6, 6.07) is 16.5. The number of carbonyl (C=O) groups is 1. The molecule has 1 aliphatic carbocycles. The first-order valence-electron chi connectivity index (χ1n) is 13.5. The minimum atomic E-state index is 0.0728. The van der Waals surface area contributed by atoms with E-state index in [0.29, 0.717) is 12.3 Å². The molecule has 0 bridgehead atoms. The lowest BCUT2D eigenvalue weighted by Crippen LogP contribution is -2.18. The summed E-state index contributed by atoms with van der Waals surface area (Å²) in [7, 11) is 0. The summed E-state index contributed by atoms with van der Waals surface area (Å²) in [5.41, 5.74) is 7.42. The average molecular weight is 533 g/mol. The Morgan fingerprint density at radius 2 is 1.85 bits per heavy atom. The van der Waals surface area contributed by atoms with Gasteiger partial charge in [0.15, 0.2) is 0 Å². The quantitative estimate of drug-likeness (QED) is 0.204. The summed E-state index contributed by atoms with van der Waals surface area (Å²) in [5, 5.41) is 15.0. The fraction of sp³-hybridized carbons (Fsp3) is 0.226. The van der Waals surface area contributed by atoms with Gasteiger partial charge in [-0.3, -0.25) is 19.9 Å². The van der Waals surface area contributed by atoms with Crippen LogP contribution in [0.2, 0.25) is 0 Å². The molecule has 5 aromatic heterocycles. The topological polar surface area (TPSA) is 99.3 Å². The fourth-order valence-corrected chi connectivity index (χ4v) is 6.46. The maximum Gasteiger partial charge on any atom is 0.224 e. The Morgan fingerprint density at radius 3 is 2.72 bits per heavy atom. The molecular weight excluding hydrogens is 504 g/mol. The summed E-state index contributed by atoms with van der Waals surface area (Å²) in [6.07, 6.45) is 12.0. The predicted octanol–water partition coefficient (Wildman–Crippen LogP) is 7.81. The van der Waals surface area contributed by atoms with E-state index in [9.17, 15) is 4.79 Å². The number of aromatic nitrogens is 5. The van der Waals surface area contributed by atoms with E-state index in [0.717, 1.165) is 73.4 Å². The highest BCUT2D eigenvalue weighted by Gasteiger charge is 2.18.